The van der Waals surface area contributed by atoms with Gasteiger partial charge in [0.05, 0.1) is 19.7 Å². The van der Waals surface area contributed by atoms with Gasteiger partial charge in [0.25, 0.3) is 0 Å². The second-order valence-electron chi connectivity index (χ2n) is 6.11. The first-order chi connectivity index (χ1) is 12.2. The molecule has 2 heterocycles. The van der Waals surface area contributed by atoms with Crippen molar-refractivity contribution in [1.29, 1.82) is 0 Å². The SMILES string of the molecule is CCNC(=NCc1ccc(OCC2CC2)nc1)NCc1ncnn1C. The van der Waals surface area contributed by atoms with Crippen molar-refractivity contribution >= 4 is 5.96 Å². The summed E-state index contributed by atoms with van der Waals surface area (Å²) in [4.78, 5) is 13.1. The fraction of sp³-hybridized carbons (Fsp3) is 0.529. The molecule has 25 heavy (non-hydrogen) atoms. The van der Waals surface area contributed by atoms with E-state index in [1.54, 1.807) is 11.0 Å². The second-order valence-corrected chi connectivity index (χ2v) is 6.11. The van der Waals surface area contributed by atoms with Crippen LogP contribution in [0.4, 0.5) is 0 Å². The summed E-state index contributed by atoms with van der Waals surface area (Å²) in [5, 5.41) is 10.5. The van der Waals surface area contributed by atoms with Crippen LogP contribution in [0.2, 0.25) is 0 Å². The number of nitrogens with zero attached hydrogens (tertiary/aromatic N) is 5. The van der Waals surface area contributed by atoms with Gasteiger partial charge in [-0.1, -0.05) is 6.07 Å². The fourth-order valence-electron chi connectivity index (χ4n) is 2.23. The molecule has 1 aliphatic carbocycles. The molecule has 0 amide bonds. The van der Waals surface area contributed by atoms with Gasteiger partial charge in [-0.25, -0.2) is 15.0 Å². The standard InChI is InChI=1S/C17H25N7O/c1-3-18-17(21-10-15-22-12-23-24(15)2)20-9-14-6-7-16(19-8-14)25-11-13-4-5-13/h6-8,12-13H,3-5,9-11H2,1-2H3,(H2,18,20,21). The minimum atomic E-state index is 0.546. The molecule has 1 aliphatic rings. The van der Waals surface area contributed by atoms with E-state index in [0.717, 1.165) is 36.4 Å². The number of nitrogens with one attached hydrogen (secondary N) is 2. The molecule has 2 aromatic heterocycles. The quantitative estimate of drug-likeness (QED) is 0.554. The molecule has 0 saturated heterocycles. The summed E-state index contributed by atoms with van der Waals surface area (Å²) in [5.74, 6) is 3.00. The average Bonchev–Trinajstić information content (AvgIpc) is 3.37. The Morgan fingerprint density at radius 2 is 2.20 bits per heavy atom. The summed E-state index contributed by atoms with van der Waals surface area (Å²) in [5.41, 5.74) is 1.04. The highest BCUT2D eigenvalue weighted by Crippen LogP contribution is 2.29. The third-order valence-electron chi connectivity index (χ3n) is 3.94. The van der Waals surface area contributed by atoms with Crippen LogP contribution < -0.4 is 15.4 Å². The lowest BCUT2D eigenvalue weighted by Crippen LogP contribution is -2.37. The van der Waals surface area contributed by atoms with Crippen LogP contribution in [-0.4, -0.2) is 38.9 Å². The monoisotopic (exact) mass is 343 g/mol. The van der Waals surface area contributed by atoms with Gasteiger partial charge in [-0.05, 0) is 31.2 Å². The van der Waals surface area contributed by atoms with E-state index in [4.69, 9.17) is 4.74 Å². The molecule has 0 unspecified atom stereocenters. The summed E-state index contributed by atoms with van der Waals surface area (Å²) in [6.45, 7) is 4.71. The topological polar surface area (TPSA) is 89.2 Å². The first kappa shape index (κ1) is 17.2. The van der Waals surface area contributed by atoms with E-state index >= 15 is 0 Å². The highest BCUT2D eigenvalue weighted by molar-refractivity contribution is 5.79. The van der Waals surface area contributed by atoms with Crippen molar-refractivity contribution in [3.8, 4) is 5.88 Å². The molecular weight excluding hydrogens is 318 g/mol. The molecule has 0 spiro atoms. The van der Waals surface area contributed by atoms with Crippen LogP contribution in [0.15, 0.2) is 29.6 Å². The van der Waals surface area contributed by atoms with Gasteiger partial charge in [0.1, 0.15) is 12.2 Å². The Hall–Kier alpha value is -2.64. The molecule has 1 saturated carbocycles. The number of ether oxygens (including phenoxy) is 1. The number of hydrogen-bond donors (Lipinski definition) is 2. The van der Waals surface area contributed by atoms with Crippen LogP contribution in [0.25, 0.3) is 0 Å². The molecule has 0 bridgehead atoms. The maximum atomic E-state index is 5.65. The molecule has 1 fully saturated rings. The molecule has 134 valence electrons. The Morgan fingerprint density at radius 3 is 2.84 bits per heavy atom. The first-order valence-electron chi connectivity index (χ1n) is 8.67. The van der Waals surface area contributed by atoms with Gasteiger partial charge in [-0.3, -0.25) is 4.68 Å². The second kappa shape index (κ2) is 8.46. The highest BCUT2D eigenvalue weighted by atomic mass is 16.5. The van der Waals surface area contributed by atoms with Crippen molar-refractivity contribution in [2.45, 2.75) is 32.9 Å². The van der Waals surface area contributed by atoms with Crippen LogP contribution in [0.3, 0.4) is 0 Å². The van der Waals surface area contributed by atoms with E-state index in [1.165, 1.54) is 12.8 Å². The molecule has 0 atom stereocenters. The lowest BCUT2D eigenvalue weighted by molar-refractivity contribution is 0.288. The molecule has 2 aromatic rings. The van der Waals surface area contributed by atoms with E-state index < -0.39 is 0 Å². The van der Waals surface area contributed by atoms with Gasteiger partial charge >= 0.3 is 0 Å². The lowest BCUT2D eigenvalue weighted by Gasteiger charge is -2.11. The van der Waals surface area contributed by atoms with E-state index in [1.807, 2.05) is 32.3 Å². The molecule has 3 rings (SSSR count). The van der Waals surface area contributed by atoms with Gasteiger partial charge in [0, 0.05) is 25.9 Å². The van der Waals surface area contributed by atoms with Crippen molar-refractivity contribution in [2.75, 3.05) is 13.2 Å². The number of pyridine rings is 1. The van der Waals surface area contributed by atoms with Crippen LogP contribution in [0.1, 0.15) is 31.2 Å². The first-order valence-corrected chi connectivity index (χ1v) is 8.67. The maximum Gasteiger partial charge on any atom is 0.213 e. The third kappa shape index (κ3) is 5.44. The summed E-state index contributed by atoms with van der Waals surface area (Å²) >= 11 is 0. The minimum absolute atomic E-state index is 0.546. The van der Waals surface area contributed by atoms with Crippen molar-refractivity contribution in [3.05, 3.63) is 36.0 Å². The number of aliphatic imine (C=N–C) groups is 1. The predicted molar refractivity (Wildman–Crippen MR) is 95.1 cm³/mol. The fourth-order valence-corrected chi connectivity index (χ4v) is 2.23. The van der Waals surface area contributed by atoms with Gasteiger partial charge in [0.15, 0.2) is 5.96 Å². The number of rotatable bonds is 8. The normalized spacial score (nSPS) is 14.4. The summed E-state index contributed by atoms with van der Waals surface area (Å²) in [7, 11) is 1.87. The largest absolute Gasteiger partial charge is 0.477 e. The Kier molecular flexibility index (Phi) is 5.81. The van der Waals surface area contributed by atoms with Gasteiger partial charge in [-0.2, -0.15) is 5.10 Å². The van der Waals surface area contributed by atoms with Crippen molar-refractivity contribution in [2.24, 2.45) is 18.0 Å². The minimum Gasteiger partial charge on any atom is -0.477 e. The van der Waals surface area contributed by atoms with Crippen LogP contribution >= 0.6 is 0 Å². The van der Waals surface area contributed by atoms with E-state index in [2.05, 4.69) is 30.7 Å². The highest BCUT2D eigenvalue weighted by Gasteiger charge is 2.21. The smallest absolute Gasteiger partial charge is 0.213 e. The van der Waals surface area contributed by atoms with Crippen molar-refractivity contribution < 1.29 is 4.74 Å². The molecule has 0 radical (unpaired) electrons. The number of guanidine groups is 1. The van der Waals surface area contributed by atoms with Crippen LogP contribution in [0.5, 0.6) is 5.88 Å². The van der Waals surface area contributed by atoms with Crippen molar-refractivity contribution in [1.82, 2.24) is 30.4 Å². The van der Waals surface area contributed by atoms with Crippen LogP contribution in [-0.2, 0) is 20.1 Å². The van der Waals surface area contributed by atoms with Gasteiger partial charge in [0.2, 0.25) is 5.88 Å². The molecular formula is C17H25N7O. The number of aromatic nitrogens is 4. The zero-order chi connectivity index (χ0) is 17.5. The Labute approximate surface area is 147 Å². The Bertz CT molecular complexity index is 691. The Balaban J connectivity index is 1.51. The number of aryl methyl sites for hydroxylation is 1. The summed E-state index contributed by atoms with van der Waals surface area (Å²) in [6.07, 6.45) is 5.92. The van der Waals surface area contributed by atoms with Gasteiger partial charge in [-0.15, -0.1) is 0 Å². The zero-order valence-electron chi connectivity index (χ0n) is 14.8. The van der Waals surface area contributed by atoms with Crippen molar-refractivity contribution in [3.63, 3.8) is 0 Å². The van der Waals surface area contributed by atoms with E-state index in [9.17, 15) is 0 Å². The Morgan fingerprint density at radius 1 is 1.32 bits per heavy atom. The lowest BCUT2D eigenvalue weighted by atomic mass is 10.3. The molecule has 0 aromatic carbocycles. The zero-order valence-corrected chi connectivity index (χ0v) is 14.8. The summed E-state index contributed by atoms with van der Waals surface area (Å²) in [6, 6.07) is 3.91. The van der Waals surface area contributed by atoms with E-state index in [0.29, 0.717) is 19.0 Å². The average molecular weight is 343 g/mol. The number of hydrogen-bond acceptors (Lipinski definition) is 5. The summed E-state index contributed by atoms with van der Waals surface area (Å²) < 4.78 is 7.39. The third-order valence-corrected chi connectivity index (χ3v) is 3.94. The van der Waals surface area contributed by atoms with E-state index in [-0.39, 0.29) is 0 Å². The molecule has 2 N–H and O–H groups in total. The molecule has 8 heteroatoms. The molecule has 0 aliphatic heterocycles. The maximum absolute atomic E-state index is 5.65. The van der Waals surface area contributed by atoms with Gasteiger partial charge < -0.3 is 15.4 Å². The van der Waals surface area contributed by atoms with Crippen LogP contribution in [0, 0.1) is 5.92 Å². The predicted octanol–water partition coefficient (Wildman–Crippen LogP) is 1.25. The molecule has 8 nitrogen and oxygen atoms in total.